The van der Waals surface area contributed by atoms with E-state index >= 15 is 0 Å². The highest BCUT2D eigenvalue weighted by atomic mass is 15.3. The van der Waals surface area contributed by atoms with E-state index in [9.17, 15) is 0 Å². The van der Waals surface area contributed by atoms with Crippen LogP contribution in [-0.2, 0) is 20.0 Å². The van der Waals surface area contributed by atoms with Gasteiger partial charge in [-0.1, -0.05) is 12.1 Å². The fourth-order valence-electron chi connectivity index (χ4n) is 2.57. The summed E-state index contributed by atoms with van der Waals surface area (Å²) >= 11 is 0. The van der Waals surface area contributed by atoms with E-state index in [4.69, 9.17) is 5.73 Å². The number of nitrogens with zero attached hydrogens (tertiary/aromatic N) is 4. The van der Waals surface area contributed by atoms with Crippen molar-refractivity contribution in [1.29, 1.82) is 0 Å². The van der Waals surface area contributed by atoms with Crippen LogP contribution in [0.15, 0.2) is 24.5 Å². The summed E-state index contributed by atoms with van der Waals surface area (Å²) in [5.74, 6) is 0.990. The minimum Gasteiger partial charge on any atom is -0.363 e. The lowest BCUT2D eigenvalue weighted by Gasteiger charge is -2.19. The highest BCUT2D eigenvalue weighted by molar-refractivity contribution is 5.59. The molecular formula is C14H19N5. The number of fused-ring (bicyclic) bond motifs is 1. The van der Waals surface area contributed by atoms with Crippen LogP contribution in [0, 0.1) is 0 Å². The predicted octanol–water partition coefficient (Wildman–Crippen LogP) is 1.40. The van der Waals surface area contributed by atoms with Gasteiger partial charge in [-0.05, 0) is 30.5 Å². The Morgan fingerprint density at radius 1 is 1.42 bits per heavy atom. The number of rotatable bonds is 3. The maximum Gasteiger partial charge on any atom is 0.146 e. The molecule has 1 aromatic heterocycles. The lowest BCUT2D eigenvalue weighted by molar-refractivity contribution is 0.677. The second-order valence-corrected chi connectivity index (χ2v) is 5.15. The maximum atomic E-state index is 5.94. The molecule has 0 saturated heterocycles. The third kappa shape index (κ3) is 2.21. The first-order valence-electron chi connectivity index (χ1n) is 6.61. The van der Waals surface area contributed by atoms with E-state index in [1.807, 2.05) is 18.7 Å². The molecule has 100 valence electrons. The molecule has 5 heteroatoms. The molecule has 0 amide bonds. The smallest absolute Gasteiger partial charge is 0.146 e. The first-order chi connectivity index (χ1) is 9.15. The molecule has 2 N–H and O–H groups in total. The SMILES string of the molecule is CC(N)c1ccc2c(c1)CCN2Cc1ncnn1C. The van der Waals surface area contributed by atoms with Gasteiger partial charge in [-0.3, -0.25) is 4.68 Å². The largest absolute Gasteiger partial charge is 0.363 e. The molecule has 1 aromatic carbocycles. The van der Waals surface area contributed by atoms with Crippen molar-refractivity contribution in [3.63, 3.8) is 0 Å². The Balaban J connectivity index is 1.84. The lowest BCUT2D eigenvalue weighted by atomic mass is 10.0. The van der Waals surface area contributed by atoms with Crippen molar-refractivity contribution in [3.8, 4) is 0 Å². The second-order valence-electron chi connectivity index (χ2n) is 5.15. The zero-order valence-electron chi connectivity index (χ0n) is 11.4. The van der Waals surface area contributed by atoms with E-state index in [2.05, 4.69) is 33.2 Å². The molecule has 0 bridgehead atoms. The second kappa shape index (κ2) is 4.66. The molecular weight excluding hydrogens is 238 g/mol. The van der Waals surface area contributed by atoms with Crippen molar-refractivity contribution in [2.45, 2.75) is 25.9 Å². The summed E-state index contributed by atoms with van der Waals surface area (Å²) in [7, 11) is 1.93. The van der Waals surface area contributed by atoms with Crippen molar-refractivity contribution in [2.75, 3.05) is 11.4 Å². The number of nitrogens with two attached hydrogens (primary N) is 1. The Labute approximate surface area is 113 Å². The molecule has 1 unspecified atom stereocenters. The molecule has 0 saturated carbocycles. The molecule has 0 spiro atoms. The molecule has 1 aliphatic rings. The van der Waals surface area contributed by atoms with E-state index < -0.39 is 0 Å². The first kappa shape index (κ1) is 12.2. The molecule has 2 aromatic rings. The van der Waals surface area contributed by atoms with Crippen molar-refractivity contribution in [2.24, 2.45) is 12.8 Å². The monoisotopic (exact) mass is 257 g/mol. The average molecular weight is 257 g/mol. The third-order valence-corrected chi connectivity index (χ3v) is 3.76. The van der Waals surface area contributed by atoms with Gasteiger partial charge in [0.2, 0.25) is 0 Å². The van der Waals surface area contributed by atoms with Crippen molar-refractivity contribution in [3.05, 3.63) is 41.5 Å². The van der Waals surface area contributed by atoms with Gasteiger partial charge in [0.15, 0.2) is 0 Å². The lowest BCUT2D eigenvalue weighted by Crippen LogP contribution is -2.22. The van der Waals surface area contributed by atoms with Gasteiger partial charge in [-0.15, -0.1) is 0 Å². The van der Waals surface area contributed by atoms with Gasteiger partial charge in [0.05, 0.1) is 6.54 Å². The summed E-state index contributed by atoms with van der Waals surface area (Å²) < 4.78 is 1.83. The Morgan fingerprint density at radius 3 is 2.95 bits per heavy atom. The molecule has 1 aliphatic heterocycles. The summed E-state index contributed by atoms with van der Waals surface area (Å²) in [4.78, 5) is 6.64. The van der Waals surface area contributed by atoms with Gasteiger partial charge in [0.1, 0.15) is 12.2 Å². The van der Waals surface area contributed by atoms with E-state index in [1.165, 1.54) is 16.8 Å². The number of benzene rings is 1. The van der Waals surface area contributed by atoms with Gasteiger partial charge in [0, 0.05) is 25.3 Å². The summed E-state index contributed by atoms with van der Waals surface area (Å²) in [6.07, 6.45) is 2.68. The Morgan fingerprint density at radius 2 is 2.26 bits per heavy atom. The Hall–Kier alpha value is -1.88. The topological polar surface area (TPSA) is 60.0 Å². The zero-order valence-corrected chi connectivity index (χ0v) is 11.4. The van der Waals surface area contributed by atoms with Crippen molar-refractivity contribution in [1.82, 2.24) is 14.8 Å². The van der Waals surface area contributed by atoms with Gasteiger partial charge < -0.3 is 10.6 Å². The van der Waals surface area contributed by atoms with Crippen LogP contribution in [0.4, 0.5) is 5.69 Å². The van der Waals surface area contributed by atoms with Crippen LogP contribution in [0.5, 0.6) is 0 Å². The summed E-state index contributed by atoms with van der Waals surface area (Å²) in [5.41, 5.74) is 9.83. The van der Waals surface area contributed by atoms with E-state index in [0.29, 0.717) is 0 Å². The standard InChI is InChI=1S/C14H19N5/c1-10(15)11-3-4-13-12(7-11)5-6-19(13)8-14-16-9-17-18(14)2/h3-4,7,9-10H,5-6,8,15H2,1-2H3. The summed E-state index contributed by atoms with van der Waals surface area (Å²) in [6.45, 7) is 3.86. The van der Waals surface area contributed by atoms with Crippen LogP contribution < -0.4 is 10.6 Å². The minimum absolute atomic E-state index is 0.0955. The molecule has 0 radical (unpaired) electrons. The number of aromatic nitrogens is 3. The summed E-state index contributed by atoms with van der Waals surface area (Å²) in [6, 6.07) is 6.63. The van der Waals surface area contributed by atoms with Gasteiger partial charge in [-0.25, -0.2) is 4.98 Å². The fraction of sp³-hybridized carbons (Fsp3) is 0.429. The van der Waals surface area contributed by atoms with Crippen LogP contribution in [0.25, 0.3) is 0 Å². The number of anilines is 1. The quantitative estimate of drug-likeness (QED) is 0.903. The first-order valence-corrected chi connectivity index (χ1v) is 6.61. The molecule has 0 aliphatic carbocycles. The van der Waals surface area contributed by atoms with Gasteiger partial charge >= 0.3 is 0 Å². The number of hydrogen-bond acceptors (Lipinski definition) is 4. The van der Waals surface area contributed by atoms with Crippen molar-refractivity contribution < 1.29 is 0 Å². The molecule has 1 atom stereocenters. The molecule has 0 fully saturated rings. The van der Waals surface area contributed by atoms with Crippen molar-refractivity contribution >= 4 is 5.69 Å². The Bertz CT molecular complexity index is 587. The zero-order chi connectivity index (χ0) is 13.4. The normalized spacial score (nSPS) is 15.6. The molecule has 5 nitrogen and oxygen atoms in total. The van der Waals surface area contributed by atoms with E-state index in [-0.39, 0.29) is 6.04 Å². The average Bonchev–Trinajstić information content (AvgIpc) is 2.97. The highest BCUT2D eigenvalue weighted by Gasteiger charge is 2.21. The van der Waals surface area contributed by atoms with Crippen LogP contribution >= 0.6 is 0 Å². The Kier molecular flexibility index (Phi) is 2.98. The predicted molar refractivity (Wildman–Crippen MR) is 74.8 cm³/mol. The highest BCUT2D eigenvalue weighted by Crippen LogP contribution is 2.30. The molecule has 3 rings (SSSR count). The third-order valence-electron chi connectivity index (χ3n) is 3.76. The van der Waals surface area contributed by atoms with Crippen LogP contribution in [-0.4, -0.2) is 21.3 Å². The fourth-order valence-corrected chi connectivity index (χ4v) is 2.57. The maximum absolute atomic E-state index is 5.94. The van der Waals surface area contributed by atoms with Crippen LogP contribution in [0.1, 0.15) is 29.9 Å². The van der Waals surface area contributed by atoms with Crippen LogP contribution in [0.2, 0.25) is 0 Å². The summed E-state index contributed by atoms with van der Waals surface area (Å²) in [5, 5.41) is 4.11. The van der Waals surface area contributed by atoms with E-state index in [1.54, 1.807) is 6.33 Å². The van der Waals surface area contributed by atoms with Crippen LogP contribution in [0.3, 0.4) is 0 Å². The number of hydrogen-bond donors (Lipinski definition) is 1. The van der Waals surface area contributed by atoms with Gasteiger partial charge in [-0.2, -0.15) is 5.10 Å². The molecule has 19 heavy (non-hydrogen) atoms. The minimum atomic E-state index is 0.0955. The van der Waals surface area contributed by atoms with E-state index in [0.717, 1.165) is 25.3 Å². The molecule has 2 heterocycles. The number of aryl methyl sites for hydroxylation is 1. The van der Waals surface area contributed by atoms with Gasteiger partial charge in [0.25, 0.3) is 0 Å².